The van der Waals surface area contributed by atoms with Crippen LogP contribution in [0.1, 0.15) is 0 Å². The Kier molecular flexibility index (Phi) is 6.40. The van der Waals surface area contributed by atoms with E-state index in [1.807, 2.05) is 11.3 Å². The molecule has 46 heavy (non-hydrogen) atoms. The van der Waals surface area contributed by atoms with Crippen molar-refractivity contribution in [2.45, 2.75) is 0 Å². The molecule has 0 N–H and O–H groups in total. The van der Waals surface area contributed by atoms with Crippen LogP contribution in [0, 0.1) is 0 Å². The molecule has 0 bridgehead atoms. The Hall–Kier alpha value is -5.70. The van der Waals surface area contributed by atoms with E-state index in [1.165, 1.54) is 75.7 Å². The Morgan fingerprint density at radius 3 is 1.52 bits per heavy atom. The Balaban J connectivity index is 1.31. The Bertz CT molecular complexity index is 2460. The van der Waals surface area contributed by atoms with E-state index in [0.29, 0.717) is 0 Å². The molecule has 0 saturated carbocycles. The van der Waals surface area contributed by atoms with Crippen LogP contribution in [0.25, 0.3) is 81.4 Å². The number of aromatic nitrogens is 1. The predicted octanol–water partition coefficient (Wildman–Crippen LogP) is 12.7. The summed E-state index contributed by atoms with van der Waals surface area (Å²) < 4.78 is 2.42. The molecule has 7 aromatic carbocycles. The standard InChI is InChI=1S/C44H29NS/c1-3-14-30(15-4-1)32-18-13-19-33(28-32)43-38-22-7-8-23-39(38)44(46-43)40-29-34(26-27-35(40)31-16-5-2-6-17-31)45-41-24-11-9-20-36(41)37-21-10-12-25-42(37)45/h1-29H. The van der Waals surface area contributed by atoms with E-state index in [0.717, 1.165) is 5.69 Å². The summed E-state index contributed by atoms with van der Waals surface area (Å²) in [4.78, 5) is 2.59. The fourth-order valence-electron chi connectivity index (χ4n) is 6.91. The first-order valence-corrected chi connectivity index (χ1v) is 16.5. The number of thiophene rings is 1. The lowest BCUT2D eigenvalue weighted by Gasteiger charge is -2.14. The first kappa shape index (κ1) is 26.7. The zero-order chi connectivity index (χ0) is 30.5. The molecule has 0 saturated heterocycles. The number of para-hydroxylation sites is 2. The Morgan fingerprint density at radius 1 is 0.326 bits per heavy atom. The lowest BCUT2D eigenvalue weighted by molar-refractivity contribution is 1.18. The SMILES string of the molecule is c1ccc(-c2cccc(-c3sc(-c4cc(-n5c6ccccc6c6ccccc65)ccc4-c4ccccc4)c4ccccc34)c2)cc1. The number of benzene rings is 7. The van der Waals surface area contributed by atoms with Gasteiger partial charge in [0, 0.05) is 42.6 Å². The van der Waals surface area contributed by atoms with Crippen LogP contribution in [0.15, 0.2) is 176 Å². The number of hydrogen-bond donors (Lipinski definition) is 0. The third-order valence-electron chi connectivity index (χ3n) is 9.02. The Labute approximate surface area is 272 Å². The van der Waals surface area contributed by atoms with Crippen LogP contribution >= 0.6 is 11.3 Å². The van der Waals surface area contributed by atoms with Gasteiger partial charge in [-0.3, -0.25) is 0 Å². The molecule has 216 valence electrons. The molecule has 0 spiro atoms. The van der Waals surface area contributed by atoms with Gasteiger partial charge in [0.15, 0.2) is 0 Å². The number of fused-ring (bicyclic) bond motifs is 4. The first-order chi connectivity index (χ1) is 22.8. The smallest absolute Gasteiger partial charge is 0.0541 e. The van der Waals surface area contributed by atoms with E-state index in [2.05, 4.69) is 180 Å². The van der Waals surface area contributed by atoms with E-state index in [4.69, 9.17) is 0 Å². The van der Waals surface area contributed by atoms with Crippen molar-refractivity contribution in [3.63, 3.8) is 0 Å². The summed E-state index contributed by atoms with van der Waals surface area (Å²) in [5.41, 5.74) is 11.0. The lowest BCUT2D eigenvalue weighted by atomic mass is 9.95. The van der Waals surface area contributed by atoms with Gasteiger partial charge >= 0.3 is 0 Å². The average molecular weight is 604 g/mol. The molecule has 2 heterocycles. The molecule has 9 aromatic rings. The molecule has 0 aliphatic rings. The minimum atomic E-state index is 1.16. The van der Waals surface area contributed by atoms with Gasteiger partial charge in [-0.1, -0.05) is 146 Å². The Morgan fingerprint density at radius 2 is 0.848 bits per heavy atom. The van der Waals surface area contributed by atoms with E-state index < -0.39 is 0 Å². The third-order valence-corrected chi connectivity index (χ3v) is 10.3. The number of hydrogen-bond acceptors (Lipinski definition) is 1. The van der Waals surface area contributed by atoms with E-state index >= 15 is 0 Å². The van der Waals surface area contributed by atoms with E-state index in [-0.39, 0.29) is 0 Å². The van der Waals surface area contributed by atoms with E-state index in [9.17, 15) is 0 Å². The summed E-state index contributed by atoms with van der Waals surface area (Å²) in [5, 5.41) is 5.11. The molecule has 0 fully saturated rings. The second-order valence-electron chi connectivity index (χ2n) is 11.7. The molecule has 0 unspecified atom stereocenters. The van der Waals surface area contributed by atoms with Crippen molar-refractivity contribution in [1.82, 2.24) is 4.57 Å². The molecule has 0 aliphatic carbocycles. The fourth-order valence-corrected chi connectivity index (χ4v) is 8.21. The van der Waals surface area contributed by atoms with Gasteiger partial charge in [0.1, 0.15) is 0 Å². The van der Waals surface area contributed by atoms with Crippen LogP contribution in [0.2, 0.25) is 0 Å². The summed E-state index contributed by atoms with van der Waals surface area (Å²) in [6.45, 7) is 0. The maximum absolute atomic E-state index is 2.42. The maximum Gasteiger partial charge on any atom is 0.0541 e. The molecule has 9 rings (SSSR count). The molecular weight excluding hydrogens is 575 g/mol. The first-order valence-electron chi connectivity index (χ1n) is 15.7. The van der Waals surface area contributed by atoms with Gasteiger partial charge < -0.3 is 4.57 Å². The molecule has 2 heteroatoms. The normalized spacial score (nSPS) is 11.5. The summed E-state index contributed by atoms with van der Waals surface area (Å²) in [6.07, 6.45) is 0. The van der Waals surface area contributed by atoms with Crippen molar-refractivity contribution in [2.75, 3.05) is 0 Å². The maximum atomic E-state index is 2.42. The van der Waals surface area contributed by atoms with Gasteiger partial charge in [0.2, 0.25) is 0 Å². The highest BCUT2D eigenvalue weighted by molar-refractivity contribution is 7.21. The third kappa shape index (κ3) is 4.38. The highest BCUT2D eigenvalue weighted by Crippen LogP contribution is 2.48. The summed E-state index contributed by atoms with van der Waals surface area (Å²) in [6, 6.07) is 63.8. The van der Waals surface area contributed by atoms with Gasteiger partial charge in [-0.15, -0.1) is 11.3 Å². The fraction of sp³-hybridized carbons (Fsp3) is 0. The molecule has 0 aliphatic heterocycles. The molecule has 0 radical (unpaired) electrons. The molecular formula is C44H29NS. The highest BCUT2D eigenvalue weighted by Gasteiger charge is 2.20. The number of nitrogens with zero attached hydrogens (tertiary/aromatic N) is 1. The van der Waals surface area contributed by atoms with Gasteiger partial charge in [-0.25, -0.2) is 0 Å². The second-order valence-corrected chi connectivity index (χ2v) is 12.7. The summed E-state index contributed by atoms with van der Waals surface area (Å²) in [7, 11) is 0. The molecule has 0 atom stereocenters. The zero-order valence-corrected chi connectivity index (χ0v) is 25.9. The molecule has 2 aromatic heterocycles. The average Bonchev–Trinajstić information content (AvgIpc) is 3.69. The summed E-state index contributed by atoms with van der Waals surface area (Å²) >= 11 is 1.90. The van der Waals surface area contributed by atoms with Crippen molar-refractivity contribution < 1.29 is 0 Å². The zero-order valence-electron chi connectivity index (χ0n) is 25.1. The number of rotatable bonds is 5. The van der Waals surface area contributed by atoms with E-state index in [1.54, 1.807) is 0 Å². The monoisotopic (exact) mass is 603 g/mol. The van der Waals surface area contributed by atoms with Crippen LogP contribution in [-0.2, 0) is 0 Å². The van der Waals surface area contributed by atoms with Crippen LogP contribution in [0.3, 0.4) is 0 Å². The van der Waals surface area contributed by atoms with Crippen LogP contribution < -0.4 is 0 Å². The van der Waals surface area contributed by atoms with Crippen molar-refractivity contribution in [3.05, 3.63) is 176 Å². The topological polar surface area (TPSA) is 4.93 Å². The van der Waals surface area contributed by atoms with Gasteiger partial charge in [0.25, 0.3) is 0 Å². The highest BCUT2D eigenvalue weighted by atomic mass is 32.1. The quantitative estimate of drug-likeness (QED) is 0.184. The van der Waals surface area contributed by atoms with Crippen LogP contribution in [0.5, 0.6) is 0 Å². The summed E-state index contributed by atoms with van der Waals surface area (Å²) in [5.74, 6) is 0. The molecule has 1 nitrogen and oxygen atoms in total. The minimum Gasteiger partial charge on any atom is -0.309 e. The van der Waals surface area contributed by atoms with Crippen molar-refractivity contribution in [1.29, 1.82) is 0 Å². The van der Waals surface area contributed by atoms with Crippen molar-refractivity contribution in [2.24, 2.45) is 0 Å². The predicted molar refractivity (Wildman–Crippen MR) is 198 cm³/mol. The minimum absolute atomic E-state index is 1.16. The second kappa shape index (κ2) is 11.0. The van der Waals surface area contributed by atoms with Crippen molar-refractivity contribution >= 4 is 43.9 Å². The largest absolute Gasteiger partial charge is 0.309 e. The van der Waals surface area contributed by atoms with Crippen LogP contribution in [0.4, 0.5) is 0 Å². The molecule has 0 amide bonds. The van der Waals surface area contributed by atoms with Crippen molar-refractivity contribution in [3.8, 4) is 48.8 Å². The van der Waals surface area contributed by atoms with Gasteiger partial charge in [0.05, 0.1) is 11.0 Å². The lowest BCUT2D eigenvalue weighted by Crippen LogP contribution is -1.95. The van der Waals surface area contributed by atoms with Gasteiger partial charge in [-0.2, -0.15) is 0 Å². The van der Waals surface area contributed by atoms with Gasteiger partial charge in [-0.05, 0) is 58.1 Å². The van der Waals surface area contributed by atoms with Crippen LogP contribution in [-0.4, -0.2) is 4.57 Å².